The second-order valence-corrected chi connectivity index (χ2v) is 5.83. The molecule has 0 bridgehead atoms. The Morgan fingerprint density at radius 2 is 2.17 bits per heavy atom. The molecule has 0 radical (unpaired) electrons. The maximum absolute atomic E-state index is 12.9. The molecular formula is C16H21F3N2O3. The summed E-state index contributed by atoms with van der Waals surface area (Å²) in [5.74, 6) is -0.474. The van der Waals surface area contributed by atoms with E-state index in [0.29, 0.717) is 0 Å². The number of aliphatic hydroxyl groups excluding tert-OH is 1. The number of nitrogens with zero attached hydrogens (tertiary/aromatic N) is 1. The van der Waals surface area contributed by atoms with Crippen molar-refractivity contribution in [2.24, 2.45) is 0 Å². The number of aliphatic hydroxyl groups is 1. The lowest BCUT2D eigenvalue weighted by molar-refractivity contribution is -0.139. The molecule has 1 unspecified atom stereocenters. The van der Waals surface area contributed by atoms with Gasteiger partial charge in [-0.2, -0.15) is 13.2 Å². The number of likely N-dealkylation sites (N-methyl/N-ethyl adjacent to an activating group) is 1. The normalized spacial score (nSPS) is 19.1. The van der Waals surface area contributed by atoms with E-state index in [2.05, 4.69) is 5.32 Å². The second kappa shape index (κ2) is 7.85. The lowest BCUT2D eigenvalue weighted by atomic mass is 10.2. The van der Waals surface area contributed by atoms with Crippen molar-refractivity contribution in [3.05, 3.63) is 29.8 Å². The molecule has 5 nitrogen and oxygen atoms in total. The van der Waals surface area contributed by atoms with E-state index in [0.717, 1.165) is 25.5 Å². The number of para-hydroxylation sites is 1. The smallest absolute Gasteiger partial charge is 0.419 e. The van der Waals surface area contributed by atoms with Gasteiger partial charge in [0.05, 0.1) is 11.6 Å². The van der Waals surface area contributed by atoms with Crippen LogP contribution < -0.4 is 10.1 Å². The Bertz CT molecular complexity index is 560. The van der Waals surface area contributed by atoms with Crippen LogP contribution in [-0.2, 0) is 11.0 Å². The SMILES string of the molecule is CN(CC(O)COc1ccccc1C(F)(F)F)C(=O)[C@@H]1CCCN1. The lowest BCUT2D eigenvalue weighted by Gasteiger charge is -2.24. The Morgan fingerprint density at radius 3 is 2.79 bits per heavy atom. The predicted molar refractivity (Wildman–Crippen MR) is 81.6 cm³/mol. The van der Waals surface area contributed by atoms with Crippen LogP contribution in [0.25, 0.3) is 0 Å². The Hall–Kier alpha value is -1.80. The molecule has 134 valence electrons. The molecule has 1 saturated heterocycles. The highest BCUT2D eigenvalue weighted by Gasteiger charge is 2.34. The molecular weight excluding hydrogens is 325 g/mol. The molecule has 0 saturated carbocycles. The maximum Gasteiger partial charge on any atom is 0.419 e. The van der Waals surface area contributed by atoms with Gasteiger partial charge in [0.2, 0.25) is 5.91 Å². The molecule has 0 spiro atoms. The van der Waals surface area contributed by atoms with Gasteiger partial charge < -0.3 is 20.1 Å². The third-order valence-corrected chi connectivity index (χ3v) is 3.84. The zero-order valence-corrected chi connectivity index (χ0v) is 13.3. The first-order valence-electron chi connectivity index (χ1n) is 7.74. The van der Waals surface area contributed by atoms with E-state index < -0.39 is 17.8 Å². The van der Waals surface area contributed by atoms with Crippen LogP contribution in [0.1, 0.15) is 18.4 Å². The van der Waals surface area contributed by atoms with Crippen molar-refractivity contribution in [2.45, 2.75) is 31.2 Å². The molecule has 1 aromatic carbocycles. The number of hydrogen-bond acceptors (Lipinski definition) is 4. The fourth-order valence-electron chi connectivity index (χ4n) is 2.63. The fourth-order valence-corrected chi connectivity index (χ4v) is 2.63. The number of hydrogen-bond donors (Lipinski definition) is 2. The van der Waals surface area contributed by atoms with Crippen molar-refractivity contribution in [1.82, 2.24) is 10.2 Å². The first-order chi connectivity index (χ1) is 11.3. The number of nitrogens with one attached hydrogen (secondary N) is 1. The zero-order chi connectivity index (χ0) is 17.7. The molecule has 0 aliphatic carbocycles. The molecule has 1 amide bonds. The van der Waals surface area contributed by atoms with E-state index in [1.807, 2.05) is 0 Å². The van der Waals surface area contributed by atoms with E-state index in [1.54, 1.807) is 7.05 Å². The molecule has 1 aliphatic rings. The summed E-state index contributed by atoms with van der Waals surface area (Å²) in [7, 11) is 1.55. The van der Waals surface area contributed by atoms with Crippen LogP contribution in [-0.4, -0.2) is 54.8 Å². The van der Waals surface area contributed by atoms with Crippen LogP contribution in [0.3, 0.4) is 0 Å². The first-order valence-corrected chi connectivity index (χ1v) is 7.74. The Labute approximate surface area is 138 Å². The van der Waals surface area contributed by atoms with Crippen molar-refractivity contribution in [2.75, 3.05) is 26.7 Å². The van der Waals surface area contributed by atoms with Crippen LogP contribution >= 0.6 is 0 Å². The summed E-state index contributed by atoms with van der Waals surface area (Å²) in [5.41, 5.74) is -0.892. The molecule has 2 rings (SSSR count). The van der Waals surface area contributed by atoms with E-state index in [9.17, 15) is 23.1 Å². The van der Waals surface area contributed by atoms with Gasteiger partial charge in [-0.3, -0.25) is 4.79 Å². The quantitative estimate of drug-likeness (QED) is 0.822. The monoisotopic (exact) mass is 346 g/mol. The molecule has 0 aromatic heterocycles. The summed E-state index contributed by atoms with van der Waals surface area (Å²) in [6, 6.07) is 4.57. The van der Waals surface area contributed by atoms with Gasteiger partial charge in [-0.25, -0.2) is 0 Å². The number of carbonyl (C=O) groups is 1. The van der Waals surface area contributed by atoms with Gasteiger partial charge in [0.25, 0.3) is 0 Å². The summed E-state index contributed by atoms with van der Waals surface area (Å²) in [6.45, 7) is 0.443. The highest BCUT2D eigenvalue weighted by molar-refractivity contribution is 5.81. The summed E-state index contributed by atoms with van der Waals surface area (Å²) < 4.78 is 43.7. The largest absolute Gasteiger partial charge is 0.490 e. The summed E-state index contributed by atoms with van der Waals surface area (Å²) in [5, 5.41) is 13.0. The summed E-state index contributed by atoms with van der Waals surface area (Å²) >= 11 is 0. The number of ether oxygens (including phenoxy) is 1. The number of rotatable bonds is 6. The topological polar surface area (TPSA) is 61.8 Å². The Balaban J connectivity index is 1.87. The van der Waals surface area contributed by atoms with Gasteiger partial charge in [-0.15, -0.1) is 0 Å². The minimum atomic E-state index is -4.53. The number of alkyl halides is 3. The summed E-state index contributed by atoms with van der Waals surface area (Å²) in [6.07, 6.45) is -3.94. The van der Waals surface area contributed by atoms with Gasteiger partial charge >= 0.3 is 6.18 Å². The van der Waals surface area contributed by atoms with Crippen LogP contribution in [0.2, 0.25) is 0 Å². The predicted octanol–water partition coefficient (Wildman–Crippen LogP) is 1.66. The van der Waals surface area contributed by atoms with Crippen LogP contribution in [0, 0.1) is 0 Å². The number of carbonyl (C=O) groups excluding carboxylic acids is 1. The molecule has 8 heteroatoms. The summed E-state index contributed by atoms with van der Waals surface area (Å²) in [4.78, 5) is 13.5. The Morgan fingerprint density at radius 1 is 1.46 bits per heavy atom. The van der Waals surface area contributed by atoms with Crippen LogP contribution in [0.4, 0.5) is 13.2 Å². The van der Waals surface area contributed by atoms with E-state index in [-0.39, 0.29) is 30.9 Å². The number of amides is 1. The van der Waals surface area contributed by atoms with Gasteiger partial charge in [0.1, 0.15) is 18.5 Å². The van der Waals surface area contributed by atoms with Crippen molar-refractivity contribution in [1.29, 1.82) is 0 Å². The van der Waals surface area contributed by atoms with Crippen molar-refractivity contribution in [3.63, 3.8) is 0 Å². The highest BCUT2D eigenvalue weighted by Crippen LogP contribution is 2.35. The Kier molecular flexibility index (Phi) is 6.06. The van der Waals surface area contributed by atoms with E-state index in [1.165, 1.54) is 23.1 Å². The minimum Gasteiger partial charge on any atom is -0.490 e. The average molecular weight is 346 g/mol. The van der Waals surface area contributed by atoms with Crippen molar-refractivity contribution in [3.8, 4) is 5.75 Å². The molecule has 2 N–H and O–H groups in total. The molecule has 24 heavy (non-hydrogen) atoms. The first kappa shape index (κ1) is 18.5. The standard InChI is InChI=1S/C16H21F3N2O3/c1-21(15(23)13-6-4-8-20-13)9-11(22)10-24-14-7-3-2-5-12(14)16(17,18)19/h2-3,5,7,11,13,20,22H,4,6,8-10H2,1H3/t11?,13-/m0/s1. The molecule has 1 fully saturated rings. The number of benzene rings is 1. The molecule has 1 heterocycles. The van der Waals surface area contributed by atoms with Gasteiger partial charge in [0.15, 0.2) is 0 Å². The maximum atomic E-state index is 12.9. The minimum absolute atomic E-state index is 0.00873. The molecule has 1 aliphatic heterocycles. The second-order valence-electron chi connectivity index (χ2n) is 5.83. The van der Waals surface area contributed by atoms with Crippen molar-refractivity contribution < 1.29 is 27.8 Å². The van der Waals surface area contributed by atoms with Crippen LogP contribution in [0.15, 0.2) is 24.3 Å². The van der Waals surface area contributed by atoms with E-state index in [4.69, 9.17) is 4.74 Å². The van der Waals surface area contributed by atoms with E-state index >= 15 is 0 Å². The highest BCUT2D eigenvalue weighted by atomic mass is 19.4. The van der Waals surface area contributed by atoms with Crippen LogP contribution in [0.5, 0.6) is 5.75 Å². The van der Waals surface area contributed by atoms with Gasteiger partial charge in [0, 0.05) is 13.6 Å². The third kappa shape index (κ3) is 4.85. The van der Waals surface area contributed by atoms with Crippen molar-refractivity contribution >= 4 is 5.91 Å². The third-order valence-electron chi connectivity index (χ3n) is 3.84. The number of halogens is 3. The molecule has 1 aromatic rings. The lowest BCUT2D eigenvalue weighted by Crippen LogP contribution is -2.45. The fraction of sp³-hybridized carbons (Fsp3) is 0.562. The van der Waals surface area contributed by atoms with Gasteiger partial charge in [-0.1, -0.05) is 12.1 Å². The van der Waals surface area contributed by atoms with Gasteiger partial charge in [-0.05, 0) is 31.5 Å². The average Bonchev–Trinajstić information content (AvgIpc) is 3.06. The molecule has 2 atom stereocenters. The zero-order valence-electron chi connectivity index (χ0n) is 13.3.